The first kappa shape index (κ1) is 13.6. The molecule has 2 aromatic rings. The van der Waals surface area contributed by atoms with Crippen molar-refractivity contribution in [3.8, 4) is 0 Å². The number of benzene rings is 2. The second-order valence-electron chi connectivity index (χ2n) is 5.04. The Hall–Kier alpha value is -1.80. The van der Waals surface area contributed by atoms with Crippen molar-refractivity contribution in [3.05, 3.63) is 65.2 Å². The van der Waals surface area contributed by atoms with Crippen molar-refractivity contribution < 1.29 is 0 Å². The van der Waals surface area contributed by atoms with E-state index >= 15 is 0 Å². The number of nitrogens with zero attached hydrogens (tertiary/aromatic N) is 1. The molecule has 0 spiro atoms. The molecule has 2 heteroatoms. The molecule has 0 radical (unpaired) electrons. The predicted octanol–water partition coefficient (Wildman–Crippen LogP) is 3.35. The van der Waals surface area contributed by atoms with Crippen LogP contribution in [0.4, 0.5) is 5.69 Å². The SMILES string of the molecule is CNCc1cccc(CN(C)c2ccc(C)cc2)c1. The van der Waals surface area contributed by atoms with Gasteiger partial charge in [0.05, 0.1) is 0 Å². The molecule has 0 aliphatic heterocycles. The summed E-state index contributed by atoms with van der Waals surface area (Å²) in [4.78, 5) is 2.28. The number of nitrogens with one attached hydrogen (secondary N) is 1. The molecule has 19 heavy (non-hydrogen) atoms. The van der Waals surface area contributed by atoms with Gasteiger partial charge in [-0.3, -0.25) is 0 Å². The van der Waals surface area contributed by atoms with Crippen molar-refractivity contribution in [1.82, 2.24) is 5.32 Å². The molecular formula is C17H22N2. The van der Waals surface area contributed by atoms with Crippen LogP contribution in [0.1, 0.15) is 16.7 Å². The summed E-state index contributed by atoms with van der Waals surface area (Å²) < 4.78 is 0. The Morgan fingerprint density at radius 1 is 1.00 bits per heavy atom. The standard InChI is InChI=1S/C17H22N2/c1-14-7-9-17(10-8-14)19(3)13-16-6-4-5-15(11-16)12-18-2/h4-11,18H,12-13H2,1-3H3. The highest BCUT2D eigenvalue weighted by molar-refractivity contribution is 5.47. The summed E-state index contributed by atoms with van der Waals surface area (Å²) in [6, 6.07) is 17.4. The van der Waals surface area contributed by atoms with E-state index in [1.165, 1.54) is 22.4 Å². The van der Waals surface area contributed by atoms with Crippen LogP contribution in [0.5, 0.6) is 0 Å². The van der Waals surface area contributed by atoms with Gasteiger partial charge in [0.1, 0.15) is 0 Å². The van der Waals surface area contributed by atoms with Crippen LogP contribution in [-0.4, -0.2) is 14.1 Å². The largest absolute Gasteiger partial charge is 0.370 e. The van der Waals surface area contributed by atoms with Crippen LogP contribution in [0.15, 0.2) is 48.5 Å². The molecule has 1 N–H and O–H groups in total. The molecule has 2 aromatic carbocycles. The summed E-state index contributed by atoms with van der Waals surface area (Å²) in [6.07, 6.45) is 0. The van der Waals surface area contributed by atoms with Crippen LogP contribution in [0.3, 0.4) is 0 Å². The second-order valence-corrected chi connectivity index (χ2v) is 5.04. The van der Waals surface area contributed by atoms with Crippen LogP contribution in [-0.2, 0) is 13.1 Å². The molecule has 0 bridgehead atoms. The lowest BCUT2D eigenvalue weighted by molar-refractivity contribution is 0.813. The summed E-state index contributed by atoms with van der Waals surface area (Å²) in [5.41, 5.74) is 5.23. The number of anilines is 1. The summed E-state index contributed by atoms with van der Waals surface area (Å²) in [5.74, 6) is 0. The van der Waals surface area contributed by atoms with Gasteiger partial charge in [0, 0.05) is 25.8 Å². The third-order valence-corrected chi connectivity index (χ3v) is 3.27. The molecule has 0 aliphatic rings. The number of aryl methyl sites for hydroxylation is 1. The smallest absolute Gasteiger partial charge is 0.0426 e. The molecule has 2 rings (SSSR count). The van der Waals surface area contributed by atoms with Gasteiger partial charge in [0.15, 0.2) is 0 Å². The first-order chi connectivity index (χ1) is 9.19. The summed E-state index contributed by atoms with van der Waals surface area (Å²) >= 11 is 0. The van der Waals surface area contributed by atoms with E-state index in [1.807, 2.05) is 7.05 Å². The summed E-state index contributed by atoms with van der Waals surface area (Å²) in [5, 5.41) is 3.19. The average Bonchev–Trinajstić information content (AvgIpc) is 2.40. The first-order valence-electron chi connectivity index (χ1n) is 6.69. The molecule has 0 atom stereocenters. The average molecular weight is 254 g/mol. The van der Waals surface area contributed by atoms with Crippen LogP contribution in [0.2, 0.25) is 0 Å². The van der Waals surface area contributed by atoms with Gasteiger partial charge in [-0.05, 0) is 37.2 Å². The molecule has 0 saturated carbocycles. The van der Waals surface area contributed by atoms with E-state index in [0.29, 0.717) is 0 Å². The van der Waals surface area contributed by atoms with E-state index in [2.05, 4.69) is 72.7 Å². The maximum Gasteiger partial charge on any atom is 0.0426 e. The zero-order valence-electron chi connectivity index (χ0n) is 12.0. The normalized spacial score (nSPS) is 10.5. The van der Waals surface area contributed by atoms with Gasteiger partial charge in [-0.2, -0.15) is 0 Å². The van der Waals surface area contributed by atoms with E-state index in [4.69, 9.17) is 0 Å². The lowest BCUT2D eigenvalue weighted by atomic mass is 10.1. The third kappa shape index (κ3) is 3.83. The van der Waals surface area contributed by atoms with Gasteiger partial charge in [0.2, 0.25) is 0 Å². The van der Waals surface area contributed by atoms with E-state index < -0.39 is 0 Å². The van der Waals surface area contributed by atoms with Gasteiger partial charge in [0.25, 0.3) is 0 Å². The second kappa shape index (κ2) is 6.39. The highest BCUT2D eigenvalue weighted by Crippen LogP contribution is 2.16. The van der Waals surface area contributed by atoms with Crippen LogP contribution in [0.25, 0.3) is 0 Å². The maximum atomic E-state index is 3.19. The molecule has 0 amide bonds. The molecule has 0 heterocycles. The monoisotopic (exact) mass is 254 g/mol. The van der Waals surface area contributed by atoms with Gasteiger partial charge in [-0.1, -0.05) is 42.0 Å². The Morgan fingerprint density at radius 2 is 1.68 bits per heavy atom. The maximum absolute atomic E-state index is 3.19. The number of hydrogen-bond acceptors (Lipinski definition) is 2. The van der Waals surface area contributed by atoms with Crippen molar-refractivity contribution in [2.45, 2.75) is 20.0 Å². The zero-order valence-corrected chi connectivity index (χ0v) is 12.0. The minimum atomic E-state index is 0.919. The fraction of sp³-hybridized carbons (Fsp3) is 0.294. The molecule has 0 fully saturated rings. The van der Waals surface area contributed by atoms with E-state index in [1.54, 1.807) is 0 Å². The van der Waals surface area contributed by atoms with E-state index in [9.17, 15) is 0 Å². The Kier molecular flexibility index (Phi) is 4.58. The van der Waals surface area contributed by atoms with Crippen molar-refractivity contribution >= 4 is 5.69 Å². The zero-order chi connectivity index (χ0) is 13.7. The molecule has 100 valence electrons. The fourth-order valence-corrected chi connectivity index (χ4v) is 2.21. The first-order valence-corrected chi connectivity index (χ1v) is 6.69. The van der Waals surface area contributed by atoms with Gasteiger partial charge >= 0.3 is 0 Å². The molecular weight excluding hydrogens is 232 g/mol. The van der Waals surface area contributed by atoms with Gasteiger partial charge in [-0.15, -0.1) is 0 Å². The highest BCUT2D eigenvalue weighted by Gasteiger charge is 2.02. The molecule has 2 nitrogen and oxygen atoms in total. The van der Waals surface area contributed by atoms with Crippen molar-refractivity contribution in [2.75, 3.05) is 19.0 Å². The molecule has 0 aliphatic carbocycles. The number of hydrogen-bond donors (Lipinski definition) is 1. The van der Waals surface area contributed by atoms with Gasteiger partial charge < -0.3 is 10.2 Å². The quantitative estimate of drug-likeness (QED) is 0.880. The highest BCUT2D eigenvalue weighted by atomic mass is 15.1. The van der Waals surface area contributed by atoms with Gasteiger partial charge in [-0.25, -0.2) is 0 Å². The summed E-state index contributed by atoms with van der Waals surface area (Å²) in [7, 11) is 4.11. The topological polar surface area (TPSA) is 15.3 Å². The fourth-order valence-electron chi connectivity index (χ4n) is 2.21. The lowest BCUT2D eigenvalue weighted by Gasteiger charge is -2.20. The Labute approximate surface area is 116 Å². The summed E-state index contributed by atoms with van der Waals surface area (Å²) in [6.45, 7) is 3.97. The lowest BCUT2D eigenvalue weighted by Crippen LogP contribution is -2.16. The van der Waals surface area contributed by atoms with Crippen LogP contribution in [0, 0.1) is 6.92 Å². The van der Waals surface area contributed by atoms with Crippen molar-refractivity contribution in [3.63, 3.8) is 0 Å². The van der Waals surface area contributed by atoms with E-state index in [-0.39, 0.29) is 0 Å². The molecule has 0 saturated heterocycles. The van der Waals surface area contributed by atoms with Crippen LogP contribution < -0.4 is 10.2 Å². The van der Waals surface area contributed by atoms with Crippen molar-refractivity contribution in [1.29, 1.82) is 0 Å². The molecule has 0 aromatic heterocycles. The third-order valence-electron chi connectivity index (χ3n) is 3.27. The number of rotatable bonds is 5. The van der Waals surface area contributed by atoms with E-state index in [0.717, 1.165) is 13.1 Å². The Bertz CT molecular complexity index is 517. The predicted molar refractivity (Wildman–Crippen MR) is 82.5 cm³/mol. The van der Waals surface area contributed by atoms with Crippen molar-refractivity contribution in [2.24, 2.45) is 0 Å². The Morgan fingerprint density at radius 3 is 2.37 bits per heavy atom. The minimum Gasteiger partial charge on any atom is -0.370 e. The Balaban J connectivity index is 2.07. The van der Waals surface area contributed by atoms with Crippen LogP contribution >= 0.6 is 0 Å². The minimum absolute atomic E-state index is 0.919. The molecule has 0 unspecified atom stereocenters.